The van der Waals surface area contributed by atoms with E-state index in [0.717, 1.165) is 85.7 Å². The molecule has 7 rings (SSSR count). The third kappa shape index (κ3) is 4.35. The Hall–Kier alpha value is -3.64. The Bertz CT molecular complexity index is 1520. The van der Waals surface area contributed by atoms with Gasteiger partial charge in [0.25, 0.3) is 5.91 Å². The molecule has 6 heteroatoms. The van der Waals surface area contributed by atoms with Crippen molar-refractivity contribution in [3.63, 3.8) is 0 Å². The first kappa shape index (κ1) is 26.3. The SMILES string of the molecule is Cc1cc(N2CCCC2=O)ccc1-c1ccc(C(=O)N2c3cc4c(cc3CC2C(C)C)OCC42CCNCC2)cc1. The fourth-order valence-electron chi connectivity index (χ4n) is 7.43. The number of benzene rings is 3. The average Bonchev–Trinajstić information content (AvgIpc) is 3.67. The Kier molecular flexibility index (Phi) is 6.42. The lowest BCUT2D eigenvalue weighted by Gasteiger charge is -2.33. The zero-order chi connectivity index (χ0) is 28.3. The molecule has 0 saturated carbocycles. The van der Waals surface area contributed by atoms with Crippen LogP contribution in [0.25, 0.3) is 11.1 Å². The van der Waals surface area contributed by atoms with E-state index < -0.39 is 0 Å². The number of carbonyl (C=O) groups excluding carboxylic acids is 2. The molecule has 0 radical (unpaired) electrons. The quantitative estimate of drug-likeness (QED) is 0.432. The summed E-state index contributed by atoms with van der Waals surface area (Å²) in [6, 6.07) is 18.9. The van der Waals surface area contributed by atoms with Crippen LogP contribution in [0.1, 0.15) is 66.6 Å². The molecule has 3 aromatic carbocycles. The molecule has 2 amide bonds. The molecule has 41 heavy (non-hydrogen) atoms. The van der Waals surface area contributed by atoms with Crippen molar-refractivity contribution in [2.45, 2.75) is 64.3 Å². The molecule has 0 aliphatic carbocycles. The highest BCUT2D eigenvalue weighted by Gasteiger charge is 2.45. The highest BCUT2D eigenvalue weighted by molar-refractivity contribution is 6.08. The average molecular weight is 550 g/mol. The van der Waals surface area contributed by atoms with Crippen molar-refractivity contribution in [3.8, 4) is 16.9 Å². The van der Waals surface area contributed by atoms with Gasteiger partial charge in [-0.2, -0.15) is 0 Å². The second-order valence-corrected chi connectivity index (χ2v) is 12.7. The number of ether oxygens (including phenoxy) is 1. The summed E-state index contributed by atoms with van der Waals surface area (Å²) >= 11 is 0. The zero-order valence-corrected chi connectivity index (χ0v) is 24.3. The minimum Gasteiger partial charge on any atom is -0.492 e. The molecule has 2 fully saturated rings. The number of nitrogens with zero attached hydrogens (tertiary/aromatic N) is 2. The summed E-state index contributed by atoms with van der Waals surface area (Å²) in [7, 11) is 0. The molecule has 212 valence electrons. The molecule has 1 unspecified atom stereocenters. The summed E-state index contributed by atoms with van der Waals surface area (Å²) in [6.45, 7) is 10.0. The van der Waals surface area contributed by atoms with Gasteiger partial charge in [0.15, 0.2) is 0 Å². The van der Waals surface area contributed by atoms with Crippen LogP contribution in [0.3, 0.4) is 0 Å². The summed E-state index contributed by atoms with van der Waals surface area (Å²) < 4.78 is 6.25. The van der Waals surface area contributed by atoms with Gasteiger partial charge in [-0.05, 0) is 110 Å². The van der Waals surface area contributed by atoms with Crippen molar-refractivity contribution in [1.29, 1.82) is 0 Å². The van der Waals surface area contributed by atoms with Crippen LogP contribution in [0.4, 0.5) is 11.4 Å². The van der Waals surface area contributed by atoms with Crippen molar-refractivity contribution in [3.05, 3.63) is 76.9 Å². The van der Waals surface area contributed by atoms with Gasteiger partial charge >= 0.3 is 0 Å². The lowest BCUT2D eigenvalue weighted by Crippen LogP contribution is -2.42. The fraction of sp³-hybridized carbons (Fsp3) is 0.429. The standard InChI is InChI=1S/C35H39N3O3/c1-22(2)30-18-26-19-32-29(35(21-41-32)12-14-36-15-13-35)20-31(26)38(30)34(40)25-8-6-24(7-9-25)28-11-10-27(17-23(28)3)37-16-4-5-33(37)39/h6-11,17,19-20,22,30,36H,4-5,12-16,18,21H2,1-3H3. The van der Waals surface area contributed by atoms with Crippen molar-refractivity contribution in [1.82, 2.24) is 5.32 Å². The van der Waals surface area contributed by atoms with Crippen LogP contribution < -0.4 is 19.9 Å². The first-order chi connectivity index (χ1) is 19.8. The van der Waals surface area contributed by atoms with Gasteiger partial charge in [0.2, 0.25) is 5.91 Å². The van der Waals surface area contributed by atoms with E-state index in [1.165, 1.54) is 11.1 Å². The zero-order valence-electron chi connectivity index (χ0n) is 24.3. The van der Waals surface area contributed by atoms with E-state index in [0.29, 0.717) is 17.9 Å². The van der Waals surface area contributed by atoms with E-state index >= 15 is 0 Å². The predicted molar refractivity (Wildman–Crippen MR) is 163 cm³/mol. The molecule has 4 aliphatic heterocycles. The number of rotatable bonds is 4. The largest absolute Gasteiger partial charge is 0.492 e. The maximum absolute atomic E-state index is 14.2. The van der Waals surface area contributed by atoms with Crippen molar-refractivity contribution in [2.75, 3.05) is 36.0 Å². The van der Waals surface area contributed by atoms with E-state index in [9.17, 15) is 9.59 Å². The van der Waals surface area contributed by atoms with E-state index in [-0.39, 0.29) is 23.3 Å². The predicted octanol–water partition coefficient (Wildman–Crippen LogP) is 6.03. The summed E-state index contributed by atoms with van der Waals surface area (Å²) in [5, 5.41) is 3.49. The number of aryl methyl sites for hydroxylation is 1. The van der Waals surface area contributed by atoms with Crippen molar-refractivity contribution in [2.24, 2.45) is 5.92 Å². The number of carbonyl (C=O) groups is 2. The fourth-order valence-corrected chi connectivity index (χ4v) is 7.43. The minimum absolute atomic E-state index is 0.0529. The molecular weight excluding hydrogens is 510 g/mol. The van der Waals surface area contributed by atoms with Gasteiger partial charge in [0.1, 0.15) is 5.75 Å². The normalized spacial score (nSPS) is 21.0. The van der Waals surface area contributed by atoms with Gasteiger partial charge in [-0.3, -0.25) is 9.59 Å². The van der Waals surface area contributed by atoms with Crippen LogP contribution >= 0.6 is 0 Å². The highest BCUT2D eigenvalue weighted by Crippen LogP contribution is 2.49. The lowest BCUT2D eigenvalue weighted by atomic mass is 9.74. The highest BCUT2D eigenvalue weighted by atomic mass is 16.5. The summed E-state index contributed by atoms with van der Waals surface area (Å²) in [5.41, 5.74) is 8.60. The van der Waals surface area contributed by atoms with Crippen LogP contribution in [-0.4, -0.2) is 44.1 Å². The van der Waals surface area contributed by atoms with Crippen LogP contribution in [0, 0.1) is 12.8 Å². The number of piperidine rings is 1. The van der Waals surface area contributed by atoms with E-state index in [1.807, 2.05) is 23.1 Å². The van der Waals surface area contributed by atoms with Crippen LogP contribution in [0.2, 0.25) is 0 Å². The van der Waals surface area contributed by atoms with Crippen molar-refractivity contribution >= 4 is 23.2 Å². The maximum Gasteiger partial charge on any atom is 0.258 e. The molecular formula is C35H39N3O3. The minimum atomic E-state index is 0.0529. The monoisotopic (exact) mass is 549 g/mol. The first-order valence-electron chi connectivity index (χ1n) is 15.2. The molecule has 1 spiro atoms. The topological polar surface area (TPSA) is 61.9 Å². The number of fused-ring (bicyclic) bond motifs is 3. The molecule has 2 saturated heterocycles. The van der Waals surface area contributed by atoms with Gasteiger partial charge in [-0.15, -0.1) is 0 Å². The van der Waals surface area contributed by atoms with Gasteiger partial charge in [0.05, 0.1) is 6.61 Å². The summed E-state index contributed by atoms with van der Waals surface area (Å²) in [4.78, 5) is 30.3. The molecule has 0 aromatic heterocycles. The number of hydrogen-bond donors (Lipinski definition) is 1. The molecule has 4 heterocycles. The molecule has 1 N–H and O–H groups in total. The van der Waals surface area contributed by atoms with Gasteiger partial charge in [-0.1, -0.05) is 32.0 Å². The van der Waals surface area contributed by atoms with E-state index in [1.54, 1.807) is 0 Å². The third-order valence-corrected chi connectivity index (χ3v) is 9.86. The Morgan fingerprint density at radius 3 is 2.51 bits per heavy atom. The molecule has 4 aliphatic rings. The van der Waals surface area contributed by atoms with Crippen LogP contribution in [0.15, 0.2) is 54.6 Å². The molecule has 6 nitrogen and oxygen atoms in total. The van der Waals surface area contributed by atoms with Gasteiger partial charge in [-0.25, -0.2) is 0 Å². The lowest BCUT2D eigenvalue weighted by molar-refractivity contribution is -0.117. The van der Waals surface area contributed by atoms with Crippen LogP contribution in [-0.2, 0) is 16.6 Å². The number of hydrogen-bond acceptors (Lipinski definition) is 4. The Balaban J connectivity index is 1.18. The van der Waals surface area contributed by atoms with Gasteiger partial charge in [0, 0.05) is 46.9 Å². The Morgan fingerprint density at radius 1 is 1.05 bits per heavy atom. The van der Waals surface area contributed by atoms with Crippen molar-refractivity contribution < 1.29 is 14.3 Å². The number of amides is 2. The molecule has 1 atom stereocenters. The Labute approximate surface area is 242 Å². The summed E-state index contributed by atoms with van der Waals surface area (Å²) in [5.74, 6) is 1.61. The smallest absolute Gasteiger partial charge is 0.258 e. The van der Waals surface area contributed by atoms with Gasteiger partial charge < -0.3 is 19.9 Å². The second kappa shape index (κ2) is 10.0. The Morgan fingerprint density at radius 2 is 1.83 bits per heavy atom. The number of anilines is 2. The summed E-state index contributed by atoms with van der Waals surface area (Å²) in [6.07, 6.45) is 4.53. The number of nitrogens with one attached hydrogen (secondary N) is 1. The van der Waals surface area contributed by atoms with E-state index in [2.05, 4.69) is 67.4 Å². The third-order valence-electron chi connectivity index (χ3n) is 9.86. The maximum atomic E-state index is 14.2. The van der Waals surface area contributed by atoms with Crippen LogP contribution in [0.5, 0.6) is 5.75 Å². The van der Waals surface area contributed by atoms with E-state index in [4.69, 9.17) is 4.74 Å². The molecule has 3 aromatic rings. The second-order valence-electron chi connectivity index (χ2n) is 12.7. The first-order valence-corrected chi connectivity index (χ1v) is 15.2. The molecule has 0 bridgehead atoms.